The third-order valence-corrected chi connectivity index (χ3v) is 5.93. The van der Waals surface area contributed by atoms with Gasteiger partial charge in [0.05, 0.1) is 11.4 Å². The fourth-order valence-electron chi connectivity index (χ4n) is 2.73. The monoisotopic (exact) mass is 424 g/mol. The van der Waals surface area contributed by atoms with E-state index in [9.17, 15) is 4.79 Å². The minimum Gasteiger partial charge on any atom is -0.344 e. The zero-order valence-corrected chi connectivity index (χ0v) is 16.6. The second-order valence-corrected chi connectivity index (χ2v) is 8.39. The highest BCUT2D eigenvalue weighted by Gasteiger charge is 2.27. The van der Waals surface area contributed by atoms with Gasteiger partial charge in [-0.25, -0.2) is 0 Å². The highest BCUT2D eigenvalue weighted by atomic mass is 35.5. The lowest BCUT2D eigenvalue weighted by Gasteiger charge is -2.06. The molecule has 1 aliphatic carbocycles. The molecule has 0 aliphatic heterocycles. The summed E-state index contributed by atoms with van der Waals surface area (Å²) in [5.74, 6) is 0.606. The zero-order valence-electron chi connectivity index (χ0n) is 13.5. The number of nitrogens with one attached hydrogen (secondary N) is 2. The summed E-state index contributed by atoms with van der Waals surface area (Å²) < 4.78 is 2.59. The van der Waals surface area contributed by atoms with Crippen molar-refractivity contribution >= 4 is 52.7 Å². The van der Waals surface area contributed by atoms with Crippen molar-refractivity contribution in [2.24, 2.45) is 0 Å². The van der Waals surface area contributed by atoms with E-state index in [1.54, 1.807) is 12.1 Å². The Morgan fingerprint density at radius 1 is 1.31 bits per heavy atom. The molecule has 1 saturated carbocycles. The van der Waals surface area contributed by atoms with E-state index in [0.29, 0.717) is 32.3 Å². The molecule has 1 aliphatic rings. The SMILES string of the molecule is O=C(NCc1n[nH]c(=S)n1C1CC1)c1ccc(-c2cc(Cl)cc(Cl)c2)s1. The maximum absolute atomic E-state index is 12.5. The van der Waals surface area contributed by atoms with Crippen molar-refractivity contribution in [2.45, 2.75) is 25.4 Å². The molecular formula is C17H14Cl2N4OS2. The summed E-state index contributed by atoms with van der Waals surface area (Å²) in [4.78, 5) is 14.0. The van der Waals surface area contributed by atoms with Gasteiger partial charge in [0.15, 0.2) is 10.6 Å². The summed E-state index contributed by atoms with van der Waals surface area (Å²) in [6.07, 6.45) is 2.20. The number of carbonyl (C=O) groups is 1. The molecule has 0 radical (unpaired) electrons. The topological polar surface area (TPSA) is 62.7 Å². The van der Waals surface area contributed by atoms with Gasteiger partial charge in [-0.2, -0.15) is 5.10 Å². The van der Waals surface area contributed by atoms with Crippen molar-refractivity contribution < 1.29 is 4.79 Å². The predicted molar refractivity (Wildman–Crippen MR) is 107 cm³/mol. The lowest BCUT2D eigenvalue weighted by molar-refractivity contribution is 0.0953. The first-order valence-corrected chi connectivity index (χ1v) is 9.99. The van der Waals surface area contributed by atoms with Gasteiger partial charge in [0, 0.05) is 21.0 Å². The van der Waals surface area contributed by atoms with E-state index < -0.39 is 0 Å². The summed E-state index contributed by atoms with van der Waals surface area (Å²) >= 11 is 18.8. The van der Waals surface area contributed by atoms with Crippen LogP contribution < -0.4 is 5.32 Å². The van der Waals surface area contributed by atoms with E-state index in [0.717, 1.165) is 29.1 Å². The van der Waals surface area contributed by atoms with Gasteiger partial charge in [-0.3, -0.25) is 14.5 Å². The van der Waals surface area contributed by atoms with E-state index in [2.05, 4.69) is 15.5 Å². The number of hydrogen-bond donors (Lipinski definition) is 2. The Labute approximate surface area is 169 Å². The maximum atomic E-state index is 12.5. The van der Waals surface area contributed by atoms with Crippen molar-refractivity contribution in [3.63, 3.8) is 0 Å². The van der Waals surface area contributed by atoms with Gasteiger partial charge >= 0.3 is 0 Å². The molecule has 4 rings (SSSR count). The zero-order chi connectivity index (χ0) is 18.3. The molecule has 0 unspecified atom stereocenters. The van der Waals surface area contributed by atoms with Crippen molar-refractivity contribution in [2.75, 3.05) is 0 Å². The second kappa shape index (κ2) is 7.15. The number of carbonyl (C=O) groups excluding carboxylic acids is 1. The number of benzene rings is 1. The highest BCUT2D eigenvalue weighted by Crippen LogP contribution is 2.36. The number of rotatable bonds is 5. The number of nitrogens with zero attached hydrogens (tertiary/aromatic N) is 2. The molecule has 2 N–H and O–H groups in total. The van der Waals surface area contributed by atoms with E-state index in [-0.39, 0.29) is 5.91 Å². The van der Waals surface area contributed by atoms with Gasteiger partial charge in [0.2, 0.25) is 0 Å². The number of H-pyrrole nitrogens is 1. The van der Waals surface area contributed by atoms with Crippen molar-refractivity contribution in [1.29, 1.82) is 0 Å². The molecule has 5 nitrogen and oxygen atoms in total. The van der Waals surface area contributed by atoms with Crippen LogP contribution in [0, 0.1) is 4.77 Å². The normalized spacial score (nSPS) is 13.8. The van der Waals surface area contributed by atoms with Crippen LogP contribution in [0.5, 0.6) is 0 Å². The van der Waals surface area contributed by atoms with Crippen LogP contribution in [0.3, 0.4) is 0 Å². The Morgan fingerprint density at radius 3 is 2.73 bits per heavy atom. The van der Waals surface area contributed by atoms with Crippen LogP contribution in [0.2, 0.25) is 10.0 Å². The van der Waals surface area contributed by atoms with E-state index in [1.165, 1.54) is 11.3 Å². The van der Waals surface area contributed by atoms with Crippen LogP contribution >= 0.6 is 46.8 Å². The third kappa shape index (κ3) is 3.71. The van der Waals surface area contributed by atoms with Crippen LogP contribution in [0.1, 0.15) is 34.4 Å². The number of thiophene rings is 1. The lowest BCUT2D eigenvalue weighted by atomic mass is 10.2. The summed E-state index contributed by atoms with van der Waals surface area (Å²) in [7, 11) is 0. The first kappa shape index (κ1) is 17.7. The standard InChI is InChI=1S/C17H14Cl2N4OS2/c18-10-5-9(6-11(19)7-10)13-3-4-14(26-13)16(24)20-8-15-21-22-17(25)23(15)12-1-2-12/h3-7,12H,1-2,8H2,(H,20,24)(H,22,25). The van der Waals surface area contributed by atoms with Crippen molar-refractivity contribution in [1.82, 2.24) is 20.1 Å². The molecule has 0 saturated heterocycles. The molecular weight excluding hydrogens is 411 g/mol. The first-order chi connectivity index (χ1) is 12.5. The maximum Gasteiger partial charge on any atom is 0.261 e. The summed E-state index contributed by atoms with van der Waals surface area (Å²) in [5, 5.41) is 11.1. The Kier molecular flexibility index (Phi) is 4.88. The van der Waals surface area contributed by atoms with Crippen LogP contribution in [0.15, 0.2) is 30.3 Å². The summed E-state index contributed by atoms with van der Waals surface area (Å²) in [5.41, 5.74) is 0.890. The van der Waals surface area contributed by atoms with Crippen molar-refractivity contribution in [3.05, 3.63) is 55.8 Å². The van der Waals surface area contributed by atoms with E-state index in [4.69, 9.17) is 35.4 Å². The van der Waals surface area contributed by atoms with Gasteiger partial charge < -0.3 is 5.32 Å². The molecule has 1 aromatic carbocycles. The van der Waals surface area contributed by atoms with Gasteiger partial charge in [-0.15, -0.1) is 11.3 Å². The number of halogens is 2. The molecule has 26 heavy (non-hydrogen) atoms. The average molecular weight is 425 g/mol. The lowest BCUT2D eigenvalue weighted by Crippen LogP contribution is -2.23. The fourth-order valence-corrected chi connectivity index (χ4v) is 4.46. The van der Waals surface area contributed by atoms with Crippen LogP contribution in [0.25, 0.3) is 10.4 Å². The van der Waals surface area contributed by atoms with Crippen LogP contribution in [0.4, 0.5) is 0 Å². The minimum absolute atomic E-state index is 0.148. The largest absolute Gasteiger partial charge is 0.344 e. The molecule has 1 fully saturated rings. The highest BCUT2D eigenvalue weighted by molar-refractivity contribution is 7.71. The molecule has 2 heterocycles. The van der Waals surface area contributed by atoms with Crippen LogP contribution in [-0.2, 0) is 6.54 Å². The third-order valence-electron chi connectivity index (χ3n) is 4.07. The first-order valence-electron chi connectivity index (χ1n) is 8.01. The Hall–Kier alpha value is -1.67. The molecule has 2 aromatic heterocycles. The summed E-state index contributed by atoms with van der Waals surface area (Å²) in [6, 6.07) is 9.43. The quantitative estimate of drug-likeness (QED) is 0.550. The van der Waals surface area contributed by atoms with Gasteiger partial charge in [-0.1, -0.05) is 23.2 Å². The predicted octanol–water partition coefficient (Wildman–Crippen LogP) is 5.24. The Balaban J connectivity index is 1.48. The second-order valence-electron chi connectivity index (χ2n) is 6.05. The van der Waals surface area contributed by atoms with Crippen LogP contribution in [-0.4, -0.2) is 20.7 Å². The minimum atomic E-state index is -0.148. The molecule has 9 heteroatoms. The number of aromatic nitrogens is 3. The molecule has 1 amide bonds. The van der Waals surface area contributed by atoms with Gasteiger partial charge in [0.1, 0.15) is 0 Å². The molecule has 3 aromatic rings. The molecule has 0 atom stereocenters. The van der Waals surface area contributed by atoms with Gasteiger partial charge in [-0.05, 0) is 61.0 Å². The number of hydrogen-bond acceptors (Lipinski definition) is 4. The molecule has 0 spiro atoms. The number of aromatic amines is 1. The number of amides is 1. The average Bonchev–Trinajstić information content (AvgIpc) is 3.17. The molecule has 134 valence electrons. The Morgan fingerprint density at radius 2 is 2.04 bits per heavy atom. The van der Waals surface area contributed by atoms with Gasteiger partial charge in [0.25, 0.3) is 5.91 Å². The van der Waals surface area contributed by atoms with Crippen molar-refractivity contribution in [3.8, 4) is 10.4 Å². The Bertz CT molecular complexity index is 1020. The van der Waals surface area contributed by atoms with E-state index in [1.807, 2.05) is 22.8 Å². The van der Waals surface area contributed by atoms with E-state index >= 15 is 0 Å². The summed E-state index contributed by atoms with van der Waals surface area (Å²) in [6.45, 7) is 0.332. The molecule has 0 bridgehead atoms. The smallest absolute Gasteiger partial charge is 0.261 e. The fraction of sp³-hybridized carbons (Fsp3) is 0.235.